The fraction of sp³-hybridized carbons (Fsp3) is 0.300. The molecule has 0 bridgehead atoms. The number of amides is 1. The maximum atomic E-state index is 12.7. The van der Waals surface area contributed by atoms with Crippen LogP contribution >= 0.6 is 0 Å². The fourth-order valence-corrected chi connectivity index (χ4v) is 3.54. The van der Waals surface area contributed by atoms with E-state index in [1.807, 2.05) is 23.1 Å². The average Bonchev–Trinajstić information content (AvgIpc) is 3.11. The molecule has 1 amide bonds. The highest BCUT2D eigenvalue weighted by Gasteiger charge is 2.22. The zero-order chi connectivity index (χ0) is 19.5. The van der Waals surface area contributed by atoms with Gasteiger partial charge in [-0.05, 0) is 11.6 Å². The zero-order valence-corrected chi connectivity index (χ0v) is 15.4. The molecule has 0 spiro atoms. The van der Waals surface area contributed by atoms with E-state index in [1.165, 1.54) is 17.7 Å². The SMILES string of the molecule is O=C(Cn1ncc2cc([N+](=O)[O-])ccc21)N1CCN(Cc2ccccc2)CC1. The molecule has 0 unspecified atom stereocenters. The van der Waals surface area contributed by atoms with Crippen LogP contribution in [0.15, 0.2) is 54.7 Å². The molecule has 0 atom stereocenters. The second-order valence-corrected chi connectivity index (χ2v) is 6.94. The van der Waals surface area contributed by atoms with Crippen molar-refractivity contribution in [1.82, 2.24) is 19.6 Å². The highest BCUT2D eigenvalue weighted by Crippen LogP contribution is 2.20. The first-order valence-electron chi connectivity index (χ1n) is 9.24. The Hall–Kier alpha value is -3.26. The van der Waals surface area contributed by atoms with Crippen LogP contribution in [0, 0.1) is 10.1 Å². The number of carbonyl (C=O) groups is 1. The highest BCUT2D eigenvalue weighted by molar-refractivity contribution is 5.83. The summed E-state index contributed by atoms with van der Waals surface area (Å²) in [5.41, 5.74) is 2.02. The van der Waals surface area contributed by atoms with Crippen LogP contribution in [0.1, 0.15) is 5.56 Å². The van der Waals surface area contributed by atoms with Gasteiger partial charge in [-0.15, -0.1) is 0 Å². The van der Waals surface area contributed by atoms with Crippen molar-refractivity contribution in [2.24, 2.45) is 0 Å². The Morgan fingerprint density at radius 1 is 1.07 bits per heavy atom. The quantitative estimate of drug-likeness (QED) is 0.502. The lowest BCUT2D eigenvalue weighted by atomic mass is 10.2. The number of nitro groups is 1. The van der Waals surface area contributed by atoms with Gasteiger partial charge >= 0.3 is 0 Å². The molecule has 0 aliphatic carbocycles. The maximum absolute atomic E-state index is 12.7. The molecule has 1 saturated heterocycles. The largest absolute Gasteiger partial charge is 0.339 e. The van der Waals surface area contributed by atoms with Crippen molar-refractivity contribution >= 4 is 22.5 Å². The first-order valence-corrected chi connectivity index (χ1v) is 9.24. The number of nitrogens with zero attached hydrogens (tertiary/aromatic N) is 5. The van der Waals surface area contributed by atoms with Gasteiger partial charge in [0.25, 0.3) is 5.69 Å². The topological polar surface area (TPSA) is 84.5 Å². The molecule has 1 aliphatic heterocycles. The number of rotatable bonds is 5. The third kappa shape index (κ3) is 3.86. The summed E-state index contributed by atoms with van der Waals surface area (Å²) in [5, 5.41) is 15.8. The molecule has 1 aliphatic rings. The van der Waals surface area contributed by atoms with Gasteiger partial charge in [-0.25, -0.2) is 0 Å². The van der Waals surface area contributed by atoms with Gasteiger partial charge in [0.1, 0.15) is 6.54 Å². The average molecular weight is 379 g/mol. The van der Waals surface area contributed by atoms with E-state index in [4.69, 9.17) is 0 Å². The molecule has 0 radical (unpaired) electrons. The minimum Gasteiger partial charge on any atom is -0.339 e. The Morgan fingerprint density at radius 3 is 2.54 bits per heavy atom. The molecule has 3 aromatic rings. The van der Waals surface area contributed by atoms with E-state index in [0.29, 0.717) is 18.5 Å². The number of carbonyl (C=O) groups excluding carboxylic acids is 1. The molecule has 0 saturated carbocycles. The number of benzene rings is 2. The molecule has 144 valence electrons. The van der Waals surface area contributed by atoms with Crippen LogP contribution in [0.5, 0.6) is 0 Å². The van der Waals surface area contributed by atoms with Gasteiger partial charge in [-0.2, -0.15) is 5.10 Å². The van der Waals surface area contributed by atoms with E-state index in [2.05, 4.69) is 22.1 Å². The predicted molar refractivity (Wildman–Crippen MR) is 105 cm³/mol. The van der Waals surface area contributed by atoms with Crippen LogP contribution in [0.25, 0.3) is 10.9 Å². The smallest absolute Gasteiger partial charge is 0.270 e. The van der Waals surface area contributed by atoms with Crippen molar-refractivity contribution in [3.05, 3.63) is 70.4 Å². The monoisotopic (exact) mass is 379 g/mol. The van der Waals surface area contributed by atoms with E-state index < -0.39 is 4.92 Å². The maximum Gasteiger partial charge on any atom is 0.270 e. The second-order valence-electron chi connectivity index (χ2n) is 6.94. The Morgan fingerprint density at radius 2 is 1.82 bits per heavy atom. The van der Waals surface area contributed by atoms with Gasteiger partial charge in [-0.1, -0.05) is 30.3 Å². The molecule has 0 N–H and O–H groups in total. The van der Waals surface area contributed by atoms with Crippen LogP contribution in [0.2, 0.25) is 0 Å². The van der Waals surface area contributed by atoms with Crippen LogP contribution in [-0.2, 0) is 17.9 Å². The molecule has 8 heteroatoms. The Bertz CT molecular complexity index is 994. The first kappa shape index (κ1) is 18.1. The van der Waals surface area contributed by atoms with Crippen molar-refractivity contribution in [2.45, 2.75) is 13.1 Å². The lowest BCUT2D eigenvalue weighted by molar-refractivity contribution is -0.384. The van der Waals surface area contributed by atoms with Gasteiger partial charge in [0, 0.05) is 50.2 Å². The van der Waals surface area contributed by atoms with E-state index >= 15 is 0 Å². The Labute approximate surface area is 162 Å². The molecular weight excluding hydrogens is 358 g/mol. The summed E-state index contributed by atoms with van der Waals surface area (Å²) >= 11 is 0. The minimum atomic E-state index is -0.434. The summed E-state index contributed by atoms with van der Waals surface area (Å²) in [6, 6.07) is 14.9. The van der Waals surface area contributed by atoms with E-state index in [-0.39, 0.29) is 18.1 Å². The summed E-state index contributed by atoms with van der Waals surface area (Å²) in [6.45, 7) is 4.09. The van der Waals surface area contributed by atoms with Gasteiger partial charge in [0.2, 0.25) is 5.91 Å². The zero-order valence-electron chi connectivity index (χ0n) is 15.4. The molecule has 1 fully saturated rings. The van der Waals surface area contributed by atoms with Gasteiger partial charge < -0.3 is 4.90 Å². The summed E-state index contributed by atoms with van der Waals surface area (Å²) in [6.07, 6.45) is 1.56. The van der Waals surface area contributed by atoms with Crippen LogP contribution in [-0.4, -0.2) is 56.6 Å². The van der Waals surface area contributed by atoms with Crippen molar-refractivity contribution in [3.8, 4) is 0 Å². The standard InChI is InChI=1S/C20H21N5O3/c26-20(15-24-19-7-6-18(25(27)28)12-17(19)13-21-24)23-10-8-22(9-11-23)14-16-4-2-1-3-5-16/h1-7,12-13H,8-11,14-15H2. The lowest BCUT2D eigenvalue weighted by Gasteiger charge is -2.34. The van der Waals surface area contributed by atoms with Gasteiger partial charge in [0.15, 0.2) is 0 Å². The molecular formula is C20H21N5O3. The second kappa shape index (κ2) is 7.77. The van der Waals surface area contributed by atoms with Crippen molar-refractivity contribution in [3.63, 3.8) is 0 Å². The number of hydrogen-bond donors (Lipinski definition) is 0. The molecule has 4 rings (SSSR count). The third-order valence-electron chi connectivity index (χ3n) is 5.10. The number of aromatic nitrogens is 2. The minimum absolute atomic E-state index is 0.0164. The molecule has 8 nitrogen and oxygen atoms in total. The van der Waals surface area contributed by atoms with Crippen LogP contribution < -0.4 is 0 Å². The Kier molecular flexibility index (Phi) is 5.03. The molecule has 28 heavy (non-hydrogen) atoms. The lowest BCUT2D eigenvalue weighted by Crippen LogP contribution is -2.49. The molecule has 1 aromatic heterocycles. The number of hydrogen-bond acceptors (Lipinski definition) is 5. The summed E-state index contributed by atoms with van der Waals surface area (Å²) in [4.78, 5) is 27.4. The van der Waals surface area contributed by atoms with Crippen LogP contribution in [0.4, 0.5) is 5.69 Å². The van der Waals surface area contributed by atoms with Gasteiger partial charge in [-0.3, -0.25) is 24.5 Å². The molecule has 2 heterocycles. The highest BCUT2D eigenvalue weighted by atomic mass is 16.6. The normalized spacial score (nSPS) is 15.1. The number of non-ortho nitro benzene ring substituents is 1. The first-order chi connectivity index (χ1) is 13.6. The number of piperazine rings is 1. The van der Waals surface area contributed by atoms with Crippen molar-refractivity contribution < 1.29 is 9.72 Å². The summed E-state index contributed by atoms with van der Waals surface area (Å²) in [7, 11) is 0. The van der Waals surface area contributed by atoms with E-state index in [0.717, 1.165) is 25.2 Å². The molecule has 2 aromatic carbocycles. The Balaban J connectivity index is 1.36. The fourth-order valence-electron chi connectivity index (χ4n) is 3.54. The number of fused-ring (bicyclic) bond motifs is 1. The van der Waals surface area contributed by atoms with Gasteiger partial charge in [0.05, 0.1) is 16.6 Å². The van der Waals surface area contributed by atoms with E-state index in [1.54, 1.807) is 16.9 Å². The third-order valence-corrected chi connectivity index (χ3v) is 5.10. The summed E-state index contributed by atoms with van der Waals surface area (Å²) in [5.74, 6) is 0.0164. The van der Waals surface area contributed by atoms with Crippen molar-refractivity contribution in [2.75, 3.05) is 26.2 Å². The van der Waals surface area contributed by atoms with Crippen LogP contribution in [0.3, 0.4) is 0 Å². The summed E-state index contributed by atoms with van der Waals surface area (Å²) < 4.78 is 1.61. The number of nitro benzene ring substituents is 1. The van der Waals surface area contributed by atoms with Crippen molar-refractivity contribution in [1.29, 1.82) is 0 Å². The van der Waals surface area contributed by atoms with E-state index in [9.17, 15) is 14.9 Å². The predicted octanol–water partition coefficient (Wildman–Crippen LogP) is 2.29.